The fourth-order valence-corrected chi connectivity index (χ4v) is 3.11. The summed E-state index contributed by atoms with van der Waals surface area (Å²) in [5.41, 5.74) is 1.46. The number of fused-ring (bicyclic) bond motifs is 1. The molecule has 1 fully saturated rings. The number of aliphatic hydroxyl groups is 2. The maximum absolute atomic E-state index is 12.5. The number of hydrogen-bond donors (Lipinski definition) is 3. The number of nitrogens with one attached hydrogen (secondary N) is 1. The van der Waals surface area contributed by atoms with E-state index in [9.17, 15) is 15.0 Å². The quantitative estimate of drug-likeness (QED) is 0.742. The van der Waals surface area contributed by atoms with Crippen LogP contribution in [0.3, 0.4) is 0 Å². The van der Waals surface area contributed by atoms with E-state index in [2.05, 4.69) is 5.32 Å². The Bertz CT molecular complexity index is 678. The van der Waals surface area contributed by atoms with Crippen molar-refractivity contribution in [3.63, 3.8) is 0 Å². The highest BCUT2D eigenvalue weighted by atomic mass is 16.3. The van der Waals surface area contributed by atoms with Crippen molar-refractivity contribution >= 4 is 16.9 Å². The molecule has 1 saturated carbocycles. The molecule has 22 heavy (non-hydrogen) atoms. The summed E-state index contributed by atoms with van der Waals surface area (Å²) in [5.74, 6) is -0.0704. The van der Waals surface area contributed by atoms with Crippen molar-refractivity contribution in [1.29, 1.82) is 0 Å². The molecular formula is C17H21NO4. The molecule has 0 radical (unpaired) electrons. The van der Waals surface area contributed by atoms with E-state index in [4.69, 9.17) is 4.42 Å². The van der Waals surface area contributed by atoms with Gasteiger partial charge in [0.2, 0.25) is 0 Å². The first-order chi connectivity index (χ1) is 10.6. The second kappa shape index (κ2) is 6.10. The zero-order valence-electron chi connectivity index (χ0n) is 12.6. The highest BCUT2D eigenvalue weighted by Gasteiger charge is 2.31. The van der Waals surface area contributed by atoms with Crippen molar-refractivity contribution in [3.05, 3.63) is 35.6 Å². The SMILES string of the molecule is Cc1c(C(=O)N[C@@H]2CCCC[C@@H](O)[C@@H]2O)oc2ccccc12. The summed E-state index contributed by atoms with van der Waals surface area (Å²) in [6.45, 7) is 1.85. The minimum Gasteiger partial charge on any atom is -0.451 e. The van der Waals surface area contributed by atoms with Gasteiger partial charge < -0.3 is 19.9 Å². The van der Waals surface area contributed by atoms with Crippen LogP contribution in [-0.4, -0.2) is 34.4 Å². The number of carbonyl (C=O) groups excluding carboxylic acids is 1. The third-order valence-electron chi connectivity index (χ3n) is 4.44. The van der Waals surface area contributed by atoms with Gasteiger partial charge in [-0.2, -0.15) is 0 Å². The van der Waals surface area contributed by atoms with Crippen molar-refractivity contribution in [2.45, 2.75) is 50.9 Å². The minimum atomic E-state index is -0.934. The van der Waals surface area contributed by atoms with Crippen LogP contribution in [0.1, 0.15) is 41.8 Å². The van der Waals surface area contributed by atoms with Gasteiger partial charge >= 0.3 is 0 Å². The Morgan fingerprint density at radius 2 is 1.95 bits per heavy atom. The van der Waals surface area contributed by atoms with Crippen molar-refractivity contribution in [1.82, 2.24) is 5.32 Å². The van der Waals surface area contributed by atoms with Crippen molar-refractivity contribution in [2.75, 3.05) is 0 Å². The third kappa shape index (κ3) is 2.74. The highest BCUT2D eigenvalue weighted by molar-refractivity contribution is 5.99. The largest absolute Gasteiger partial charge is 0.451 e. The molecule has 1 aliphatic carbocycles. The number of furan rings is 1. The summed E-state index contributed by atoms with van der Waals surface area (Å²) in [6.07, 6.45) is 1.23. The van der Waals surface area contributed by atoms with Crippen LogP contribution in [0.2, 0.25) is 0 Å². The molecule has 2 aromatic rings. The van der Waals surface area contributed by atoms with Gasteiger partial charge in [-0.1, -0.05) is 31.0 Å². The van der Waals surface area contributed by atoms with Crippen LogP contribution >= 0.6 is 0 Å². The van der Waals surface area contributed by atoms with Gasteiger partial charge in [0.1, 0.15) is 11.7 Å². The Morgan fingerprint density at radius 3 is 2.73 bits per heavy atom. The number of para-hydroxylation sites is 1. The molecule has 0 bridgehead atoms. The molecule has 3 N–H and O–H groups in total. The lowest BCUT2D eigenvalue weighted by molar-refractivity contribution is -0.00145. The summed E-state index contributed by atoms with van der Waals surface area (Å²) in [6, 6.07) is 7.05. The van der Waals surface area contributed by atoms with E-state index in [0.717, 1.165) is 23.8 Å². The van der Waals surface area contributed by atoms with Gasteiger partial charge in [0.05, 0.1) is 12.1 Å². The molecule has 118 valence electrons. The van der Waals surface area contributed by atoms with E-state index in [1.54, 1.807) is 0 Å². The number of aryl methyl sites for hydroxylation is 1. The van der Waals surface area contributed by atoms with Crippen LogP contribution in [0.25, 0.3) is 11.0 Å². The number of hydrogen-bond acceptors (Lipinski definition) is 4. The van der Waals surface area contributed by atoms with Gasteiger partial charge in [-0.25, -0.2) is 0 Å². The summed E-state index contributed by atoms with van der Waals surface area (Å²) in [4.78, 5) is 12.5. The number of rotatable bonds is 2. The topological polar surface area (TPSA) is 82.7 Å². The highest BCUT2D eigenvalue weighted by Crippen LogP contribution is 2.25. The second-order valence-corrected chi connectivity index (χ2v) is 5.97. The standard InChI is InChI=1S/C17H21NO4/c1-10-11-6-2-5-9-14(11)22-16(10)17(21)18-12-7-3-4-8-13(19)15(12)20/h2,5-6,9,12-13,15,19-20H,3-4,7-8H2,1H3,(H,18,21)/t12-,13-,15-/m1/s1. The maximum atomic E-state index is 12.5. The van der Waals surface area contributed by atoms with Crippen LogP contribution < -0.4 is 5.32 Å². The van der Waals surface area contributed by atoms with Crippen LogP contribution in [0.5, 0.6) is 0 Å². The normalized spacial score (nSPS) is 25.9. The Hall–Kier alpha value is -1.85. The molecule has 0 spiro atoms. The van der Waals surface area contributed by atoms with Crippen LogP contribution in [0.4, 0.5) is 0 Å². The zero-order chi connectivity index (χ0) is 15.7. The molecule has 1 heterocycles. The lowest BCUT2D eigenvalue weighted by Crippen LogP contribution is -2.47. The van der Waals surface area contributed by atoms with E-state index in [0.29, 0.717) is 18.4 Å². The molecule has 1 amide bonds. The third-order valence-corrected chi connectivity index (χ3v) is 4.44. The molecule has 5 nitrogen and oxygen atoms in total. The molecule has 5 heteroatoms. The number of aliphatic hydroxyl groups excluding tert-OH is 2. The Labute approximate surface area is 128 Å². The summed E-state index contributed by atoms with van der Waals surface area (Å²) < 4.78 is 5.64. The predicted octanol–water partition coefficient (Wildman–Crippen LogP) is 2.14. The second-order valence-electron chi connectivity index (χ2n) is 5.97. The Balaban J connectivity index is 1.82. The molecule has 0 saturated heterocycles. The molecular weight excluding hydrogens is 282 g/mol. The summed E-state index contributed by atoms with van der Waals surface area (Å²) >= 11 is 0. The first-order valence-electron chi connectivity index (χ1n) is 7.73. The maximum Gasteiger partial charge on any atom is 0.287 e. The van der Waals surface area contributed by atoms with E-state index in [1.807, 2.05) is 31.2 Å². The molecule has 1 aliphatic rings. The smallest absolute Gasteiger partial charge is 0.287 e. The first kappa shape index (κ1) is 15.1. The number of carbonyl (C=O) groups is 1. The predicted molar refractivity (Wildman–Crippen MR) is 82.7 cm³/mol. The molecule has 1 aromatic carbocycles. The summed E-state index contributed by atoms with van der Waals surface area (Å²) in [7, 11) is 0. The van der Waals surface area contributed by atoms with E-state index in [-0.39, 0.29) is 11.7 Å². The monoisotopic (exact) mass is 303 g/mol. The van der Waals surface area contributed by atoms with Gasteiger partial charge in [0, 0.05) is 10.9 Å². The van der Waals surface area contributed by atoms with Gasteiger partial charge in [-0.05, 0) is 25.8 Å². The summed E-state index contributed by atoms with van der Waals surface area (Å²) in [5, 5.41) is 23.7. The fourth-order valence-electron chi connectivity index (χ4n) is 3.11. The number of benzene rings is 1. The molecule has 1 aromatic heterocycles. The number of amides is 1. The van der Waals surface area contributed by atoms with Crippen LogP contribution in [-0.2, 0) is 0 Å². The average molecular weight is 303 g/mol. The van der Waals surface area contributed by atoms with Gasteiger partial charge in [0.15, 0.2) is 5.76 Å². The molecule has 0 aliphatic heterocycles. The van der Waals surface area contributed by atoms with Crippen molar-refractivity contribution in [2.24, 2.45) is 0 Å². The molecule has 3 rings (SSSR count). The van der Waals surface area contributed by atoms with Gasteiger partial charge in [0.25, 0.3) is 5.91 Å². The Kier molecular flexibility index (Phi) is 4.18. The van der Waals surface area contributed by atoms with Gasteiger partial charge in [-0.15, -0.1) is 0 Å². The van der Waals surface area contributed by atoms with E-state index < -0.39 is 18.2 Å². The fraction of sp³-hybridized carbons (Fsp3) is 0.471. The van der Waals surface area contributed by atoms with Crippen LogP contribution in [0, 0.1) is 6.92 Å². The van der Waals surface area contributed by atoms with E-state index in [1.165, 1.54) is 0 Å². The first-order valence-corrected chi connectivity index (χ1v) is 7.73. The zero-order valence-corrected chi connectivity index (χ0v) is 12.6. The van der Waals surface area contributed by atoms with E-state index >= 15 is 0 Å². The molecule has 0 unspecified atom stereocenters. The molecule has 3 atom stereocenters. The van der Waals surface area contributed by atoms with Gasteiger partial charge in [-0.3, -0.25) is 4.79 Å². The average Bonchev–Trinajstić information content (AvgIpc) is 2.78. The van der Waals surface area contributed by atoms with Crippen molar-refractivity contribution < 1.29 is 19.4 Å². The lowest BCUT2D eigenvalue weighted by atomic mass is 10.0. The van der Waals surface area contributed by atoms with Crippen LogP contribution in [0.15, 0.2) is 28.7 Å². The van der Waals surface area contributed by atoms with Crippen molar-refractivity contribution in [3.8, 4) is 0 Å². The minimum absolute atomic E-state index is 0.270. The Morgan fingerprint density at radius 1 is 1.23 bits per heavy atom. The lowest BCUT2D eigenvalue weighted by Gasteiger charge is -2.24.